The molecule has 0 spiro atoms. The van der Waals surface area contributed by atoms with E-state index in [1.54, 1.807) is 24.7 Å². The van der Waals surface area contributed by atoms with Crippen LogP contribution >= 0.6 is 0 Å². The Bertz CT molecular complexity index is 235. The Morgan fingerprint density at radius 3 is 2.40 bits per heavy atom. The standard InChI is InChI=1S/C7H9NO2/c1-5-3-8(2)4-6(9)7(5)10/h3-4,9H,1-2H3/p+1. The monoisotopic (exact) mass is 140 g/mol. The van der Waals surface area contributed by atoms with E-state index in [1.165, 1.54) is 6.20 Å². The molecule has 0 unspecified atom stereocenters. The van der Waals surface area contributed by atoms with Gasteiger partial charge in [0.05, 0.1) is 5.56 Å². The molecule has 0 aliphatic carbocycles. The zero-order chi connectivity index (χ0) is 7.72. The molecule has 1 rings (SSSR count). The summed E-state index contributed by atoms with van der Waals surface area (Å²) in [5, 5.41) is 18.1. The lowest BCUT2D eigenvalue weighted by Crippen LogP contribution is -2.26. The summed E-state index contributed by atoms with van der Waals surface area (Å²) in [6.07, 6.45) is 3.18. The van der Waals surface area contributed by atoms with Gasteiger partial charge in [0.25, 0.3) is 0 Å². The zero-order valence-corrected chi connectivity index (χ0v) is 6.00. The first-order chi connectivity index (χ1) is 4.61. The fraction of sp³-hybridized carbons (Fsp3) is 0.286. The molecule has 0 aliphatic heterocycles. The average molecular weight is 140 g/mol. The molecule has 0 radical (unpaired) electrons. The van der Waals surface area contributed by atoms with E-state index in [0.29, 0.717) is 5.56 Å². The molecule has 1 aromatic heterocycles. The van der Waals surface area contributed by atoms with Gasteiger partial charge in [-0.25, -0.2) is 4.57 Å². The van der Waals surface area contributed by atoms with E-state index in [4.69, 9.17) is 10.2 Å². The Morgan fingerprint density at radius 2 is 1.90 bits per heavy atom. The van der Waals surface area contributed by atoms with E-state index >= 15 is 0 Å². The highest BCUT2D eigenvalue weighted by Crippen LogP contribution is 2.24. The summed E-state index contributed by atoms with van der Waals surface area (Å²) in [5.41, 5.74) is 0.669. The summed E-state index contributed by atoms with van der Waals surface area (Å²) in [4.78, 5) is 0. The summed E-state index contributed by atoms with van der Waals surface area (Å²) < 4.78 is 1.68. The lowest BCUT2D eigenvalue weighted by molar-refractivity contribution is -0.672. The van der Waals surface area contributed by atoms with Crippen LogP contribution in [0.5, 0.6) is 11.5 Å². The van der Waals surface area contributed by atoms with Crippen LogP contribution in [0.4, 0.5) is 0 Å². The zero-order valence-electron chi connectivity index (χ0n) is 6.00. The molecular weight excluding hydrogens is 130 g/mol. The highest BCUT2D eigenvalue weighted by Gasteiger charge is 2.07. The van der Waals surface area contributed by atoms with E-state index in [9.17, 15) is 0 Å². The van der Waals surface area contributed by atoms with Gasteiger partial charge in [0.1, 0.15) is 7.05 Å². The molecule has 0 aromatic carbocycles. The SMILES string of the molecule is Cc1c[n+](C)cc(O)c1O. The van der Waals surface area contributed by atoms with Crippen molar-refractivity contribution in [3.05, 3.63) is 18.0 Å². The van der Waals surface area contributed by atoms with Crippen LogP contribution in [0.25, 0.3) is 0 Å². The third kappa shape index (κ3) is 1.03. The van der Waals surface area contributed by atoms with E-state index in [0.717, 1.165) is 0 Å². The molecule has 0 saturated heterocycles. The maximum atomic E-state index is 9.07. The number of pyridine rings is 1. The van der Waals surface area contributed by atoms with Gasteiger partial charge in [-0.15, -0.1) is 0 Å². The Morgan fingerprint density at radius 1 is 1.30 bits per heavy atom. The van der Waals surface area contributed by atoms with Crippen molar-refractivity contribution >= 4 is 0 Å². The number of rotatable bonds is 0. The van der Waals surface area contributed by atoms with E-state index in [-0.39, 0.29) is 11.5 Å². The molecule has 0 aliphatic rings. The van der Waals surface area contributed by atoms with Crippen LogP contribution in [0.3, 0.4) is 0 Å². The minimum Gasteiger partial charge on any atom is -0.504 e. The van der Waals surface area contributed by atoms with Gasteiger partial charge in [0, 0.05) is 0 Å². The van der Waals surface area contributed by atoms with Gasteiger partial charge in [-0.1, -0.05) is 0 Å². The fourth-order valence-corrected chi connectivity index (χ4v) is 0.860. The number of aromatic hydroxyl groups is 2. The van der Waals surface area contributed by atoms with Crippen LogP contribution in [0.15, 0.2) is 12.4 Å². The second-order valence-corrected chi connectivity index (χ2v) is 2.34. The van der Waals surface area contributed by atoms with Crippen molar-refractivity contribution in [1.29, 1.82) is 0 Å². The molecule has 0 atom stereocenters. The largest absolute Gasteiger partial charge is 0.504 e. The number of aryl methyl sites for hydroxylation is 2. The highest BCUT2D eigenvalue weighted by atomic mass is 16.3. The van der Waals surface area contributed by atoms with Crippen molar-refractivity contribution in [3.63, 3.8) is 0 Å². The second kappa shape index (κ2) is 2.17. The summed E-state index contributed by atoms with van der Waals surface area (Å²) in [6, 6.07) is 0. The van der Waals surface area contributed by atoms with Crippen LogP contribution in [0.1, 0.15) is 5.56 Å². The van der Waals surface area contributed by atoms with Gasteiger partial charge in [-0.2, -0.15) is 0 Å². The minimum absolute atomic E-state index is 0.0434. The predicted octanol–water partition coefficient (Wildman–Crippen LogP) is 0.231. The van der Waals surface area contributed by atoms with Gasteiger partial charge in [-0.05, 0) is 6.92 Å². The van der Waals surface area contributed by atoms with Crippen LogP contribution in [-0.2, 0) is 7.05 Å². The van der Waals surface area contributed by atoms with Crippen molar-refractivity contribution in [1.82, 2.24) is 0 Å². The highest BCUT2D eigenvalue weighted by molar-refractivity contribution is 5.38. The van der Waals surface area contributed by atoms with Gasteiger partial charge < -0.3 is 10.2 Å². The lowest BCUT2D eigenvalue weighted by Gasteiger charge is -1.97. The van der Waals surface area contributed by atoms with Crippen molar-refractivity contribution in [2.24, 2.45) is 7.05 Å². The van der Waals surface area contributed by atoms with E-state index in [1.807, 2.05) is 0 Å². The van der Waals surface area contributed by atoms with Crippen LogP contribution in [0, 0.1) is 6.92 Å². The van der Waals surface area contributed by atoms with Crippen molar-refractivity contribution < 1.29 is 14.8 Å². The average Bonchev–Trinajstić information content (AvgIpc) is 1.82. The Labute approximate surface area is 59.2 Å². The Kier molecular flexibility index (Phi) is 1.49. The normalized spacial score (nSPS) is 9.80. The molecule has 1 aromatic rings. The van der Waals surface area contributed by atoms with Gasteiger partial charge in [-0.3, -0.25) is 0 Å². The molecular formula is C7H10NO2+. The molecule has 1 heterocycles. The van der Waals surface area contributed by atoms with Gasteiger partial charge in [0.15, 0.2) is 11.9 Å². The van der Waals surface area contributed by atoms with Crippen molar-refractivity contribution in [2.45, 2.75) is 6.92 Å². The summed E-state index contributed by atoms with van der Waals surface area (Å²) in [5.74, 6) is -0.124. The number of hydrogen-bond donors (Lipinski definition) is 2. The molecule has 0 fully saturated rings. The van der Waals surface area contributed by atoms with Gasteiger partial charge in [0.2, 0.25) is 11.9 Å². The van der Waals surface area contributed by atoms with Crippen LogP contribution in [-0.4, -0.2) is 10.2 Å². The number of nitrogens with zero attached hydrogens (tertiary/aromatic N) is 1. The first kappa shape index (κ1) is 6.86. The minimum atomic E-state index is -0.0810. The molecule has 0 amide bonds. The molecule has 0 saturated carbocycles. The maximum Gasteiger partial charge on any atom is 0.223 e. The van der Waals surface area contributed by atoms with Crippen LogP contribution < -0.4 is 4.57 Å². The van der Waals surface area contributed by atoms with E-state index in [2.05, 4.69) is 0 Å². The Hall–Kier alpha value is -1.25. The molecule has 0 bridgehead atoms. The summed E-state index contributed by atoms with van der Waals surface area (Å²) in [7, 11) is 1.78. The molecule has 2 N–H and O–H groups in total. The quantitative estimate of drug-likeness (QED) is 0.507. The molecule has 3 nitrogen and oxygen atoms in total. The van der Waals surface area contributed by atoms with Gasteiger partial charge >= 0.3 is 0 Å². The summed E-state index contributed by atoms with van der Waals surface area (Å²) >= 11 is 0. The van der Waals surface area contributed by atoms with E-state index < -0.39 is 0 Å². The van der Waals surface area contributed by atoms with Crippen molar-refractivity contribution in [2.75, 3.05) is 0 Å². The lowest BCUT2D eigenvalue weighted by atomic mass is 10.3. The fourth-order valence-electron chi connectivity index (χ4n) is 0.860. The Balaban J connectivity index is 3.31. The smallest absolute Gasteiger partial charge is 0.223 e. The number of hydrogen-bond acceptors (Lipinski definition) is 2. The first-order valence-corrected chi connectivity index (χ1v) is 2.99. The topological polar surface area (TPSA) is 44.3 Å². The molecule has 3 heteroatoms. The third-order valence-electron chi connectivity index (χ3n) is 1.34. The van der Waals surface area contributed by atoms with Crippen molar-refractivity contribution in [3.8, 4) is 11.5 Å². The predicted molar refractivity (Wildman–Crippen MR) is 35.7 cm³/mol. The van der Waals surface area contributed by atoms with Crippen LogP contribution in [0.2, 0.25) is 0 Å². The molecule has 10 heavy (non-hydrogen) atoms. The maximum absolute atomic E-state index is 9.07. The summed E-state index contributed by atoms with van der Waals surface area (Å²) in [6.45, 7) is 1.73. The first-order valence-electron chi connectivity index (χ1n) is 2.99. The third-order valence-corrected chi connectivity index (χ3v) is 1.34. The molecule has 54 valence electrons. The number of aromatic nitrogens is 1. The second-order valence-electron chi connectivity index (χ2n) is 2.34.